The highest BCUT2D eigenvalue weighted by atomic mass is 79.9. The molecule has 0 saturated heterocycles. The maximum atomic E-state index is 8.72. The highest BCUT2D eigenvalue weighted by Gasteiger charge is 2.08. The number of oxime groups is 1. The quantitative estimate of drug-likeness (QED) is 0.381. The molecule has 0 fully saturated rings. The van der Waals surface area contributed by atoms with Crippen LogP contribution in [0.5, 0.6) is 0 Å². The molecule has 0 aliphatic heterocycles. The molecule has 104 valence electrons. The number of rotatable bonds is 5. The molecule has 0 bridgehead atoms. The third kappa shape index (κ3) is 3.79. The van der Waals surface area contributed by atoms with Crippen LogP contribution in [0.1, 0.15) is 16.8 Å². The first-order chi connectivity index (χ1) is 9.70. The monoisotopic (exact) mass is 335 g/mol. The Bertz CT molecular complexity index is 617. The van der Waals surface area contributed by atoms with Crippen molar-refractivity contribution < 1.29 is 9.94 Å². The smallest absolute Gasteiger partial charge is 0.189 e. The standard InChI is InChI=1S/C14H14BrN3O2/c15-12-5-1-3-10(7-12)8-20-9-11-4-2-6-17-13(11)14(16)18-19/h1-7,19H,8-9H2,(H2,16,18). The lowest BCUT2D eigenvalue weighted by atomic mass is 10.2. The minimum absolute atomic E-state index is 0.0216. The summed E-state index contributed by atoms with van der Waals surface area (Å²) in [5, 5.41) is 11.7. The molecule has 0 aliphatic rings. The number of halogens is 1. The molecule has 1 aromatic heterocycles. The van der Waals surface area contributed by atoms with Crippen molar-refractivity contribution >= 4 is 21.8 Å². The van der Waals surface area contributed by atoms with Crippen molar-refractivity contribution in [3.05, 3.63) is 63.9 Å². The van der Waals surface area contributed by atoms with Gasteiger partial charge in [0.25, 0.3) is 0 Å². The maximum Gasteiger partial charge on any atom is 0.189 e. The van der Waals surface area contributed by atoms with Gasteiger partial charge < -0.3 is 15.7 Å². The normalized spacial score (nSPS) is 11.6. The lowest BCUT2D eigenvalue weighted by Gasteiger charge is -2.08. The predicted molar refractivity (Wildman–Crippen MR) is 79.4 cm³/mol. The summed E-state index contributed by atoms with van der Waals surface area (Å²) in [6.07, 6.45) is 1.59. The zero-order valence-corrected chi connectivity index (χ0v) is 12.2. The van der Waals surface area contributed by atoms with E-state index in [4.69, 9.17) is 15.7 Å². The first-order valence-corrected chi connectivity index (χ1v) is 6.74. The van der Waals surface area contributed by atoms with Crippen molar-refractivity contribution in [1.29, 1.82) is 0 Å². The third-order valence-corrected chi connectivity index (χ3v) is 3.15. The lowest BCUT2D eigenvalue weighted by molar-refractivity contribution is 0.107. The zero-order valence-electron chi connectivity index (χ0n) is 10.7. The fraction of sp³-hybridized carbons (Fsp3) is 0.143. The second-order valence-electron chi connectivity index (χ2n) is 4.12. The van der Waals surface area contributed by atoms with Crippen LogP contribution in [0.2, 0.25) is 0 Å². The van der Waals surface area contributed by atoms with Gasteiger partial charge in [-0.05, 0) is 23.8 Å². The minimum Gasteiger partial charge on any atom is -0.409 e. The Morgan fingerprint density at radius 2 is 2.15 bits per heavy atom. The predicted octanol–water partition coefficient (Wildman–Crippen LogP) is 2.66. The van der Waals surface area contributed by atoms with Crippen molar-refractivity contribution in [2.75, 3.05) is 0 Å². The van der Waals surface area contributed by atoms with Gasteiger partial charge in [0.05, 0.1) is 13.2 Å². The molecule has 0 radical (unpaired) electrons. The Labute approximate surface area is 125 Å². The van der Waals surface area contributed by atoms with Gasteiger partial charge in [-0.25, -0.2) is 0 Å². The highest BCUT2D eigenvalue weighted by Crippen LogP contribution is 2.14. The van der Waals surface area contributed by atoms with Gasteiger partial charge in [-0.1, -0.05) is 39.3 Å². The van der Waals surface area contributed by atoms with Crippen LogP contribution in [0.25, 0.3) is 0 Å². The summed E-state index contributed by atoms with van der Waals surface area (Å²) in [7, 11) is 0. The number of nitrogens with zero attached hydrogens (tertiary/aromatic N) is 2. The van der Waals surface area contributed by atoms with E-state index in [1.165, 1.54) is 0 Å². The number of ether oxygens (including phenoxy) is 1. The summed E-state index contributed by atoms with van der Waals surface area (Å²) < 4.78 is 6.65. The van der Waals surface area contributed by atoms with Crippen LogP contribution < -0.4 is 5.73 Å². The van der Waals surface area contributed by atoms with Gasteiger partial charge >= 0.3 is 0 Å². The Morgan fingerprint density at radius 1 is 1.30 bits per heavy atom. The van der Waals surface area contributed by atoms with Crippen LogP contribution in [0.4, 0.5) is 0 Å². The van der Waals surface area contributed by atoms with Gasteiger partial charge in [-0.15, -0.1) is 0 Å². The average Bonchev–Trinajstić information content (AvgIpc) is 2.47. The first kappa shape index (κ1) is 14.5. The maximum absolute atomic E-state index is 8.72. The molecule has 2 aromatic rings. The van der Waals surface area contributed by atoms with Gasteiger partial charge in [-0.2, -0.15) is 0 Å². The van der Waals surface area contributed by atoms with E-state index in [1.807, 2.05) is 30.3 Å². The molecule has 6 heteroatoms. The molecule has 1 aromatic carbocycles. The van der Waals surface area contributed by atoms with Crippen LogP contribution in [-0.4, -0.2) is 16.0 Å². The molecule has 0 amide bonds. The molecule has 0 unspecified atom stereocenters. The number of aromatic nitrogens is 1. The van der Waals surface area contributed by atoms with Crippen molar-refractivity contribution in [2.45, 2.75) is 13.2 Å². The third-order valence-electron chi connectivity index (χ3n) is 2.66. The van der Waals surface area contributed by atoms with E-state index in [1.54, 1.807) is 12.3 Å². The Morgan fingerprint density at radius 3 is 2.90 bits per heavy atom. The van der Waals surface area contributed by atoms with Crippen LogP contribution in [0, 0.1) is 0 Å². The Kier molecular flexibility index (Phi) is 5.09. The summed E-state index contributed by atoms with van der Waals surface area (Å²) in [4.78, 5) is 4.09. The summed E-state index contributed by atoms with van der Waals surface area (Å²) in [5.41, 5.74) is 7.85. The SMILES string of the molecule is N/C(=N/O)c1ncccc1COCc1cccc(Br)c1. The van der Waals surface area contributed by atoms with E-state index >= 15 is 0 Å². The topological polar surface area (TPSA) is 80.7 Å². The summed E-state index contributed by atoms with van der Waals surface area (Å²) in [5.74, 6) is -0.0216. The van der Waals surface area contributed by atoms with Crippen LogP contribution >= 0.6 is 15.9 Å². The number of pyridine rings is 1. The molecular weight excluding hydrogens is 322 g/mol. The molecule has 2 rings (SSSR count). The van der Waals surface area contributed by atoms with Crippen molar-refractivity contribution in [3.8, 4) is 0 Å². The second kappa shape index (κ2) is 7.02. The van der Waals surface area contributed by atoms with Crippen LogP contribution in [0.3, 0.4) is 0 Å². The number of nitrogens with two attached hydrogens (primary N) is 1. The first-order valence-electron chi connectivity index (χ1n) is 5.94. The molecule has 5 nitrogen and oxygen atoms in total. The van der Waals surface area contributed by atoms with E-state index in [2.05, 4.69) is 26.1 Å². The second-order valence-corrected chi connectivity index (χ2v) is 5.03. The molecule has 1 heterocycles. The van der Waals surface area contributed by atoms with Crippen molar-refractivity contribution in [3.63, 3.8) is 0 Å². The van der Waals surface area contributed by atoms with Gasteiger partial charge in [-0.3, -0.25) is 4.98 Å². The summed E-state index contributed by atoms with van der Waals surface area (Å²) in [6, 6.07) is 11.5. The van der Waals surface area contributed by atoms with E-state index in [9.17, 15) is 0 Å². The molecule has 3 N–H and O–H groups in total. The average molecular weight is 336 g/mol. The molecule has 0 spiro atoms. The Hall–Kier alpha value is -1.92. The van der Waals surface area contributed by atoms with Crippen LogP contribution in [-0.2, 0) is 18.0 Å². The van der Waals surface area contributed by atoms with E-state index in [0.29, 0.717) is 18.9 Å². The number of hydrogen-bond acceptors (Lipinski definition) is 4. The van der Waals surface area contributed by atoms with E-state index < -0.39 is 0 Å². The minimum atomic E-state index is -0.0216. The van der Waals surface area contributed by atoms with Crippen molar-refractivity contribution in [1.82, 2.24) is 4.98 Å². The lowest BCUT2D eigenvalue weighted by Crippen LogP contribution is -2.17. The highest BCUT2D eigenvalue weighted by molar-refractivity contribution is 9.10. The van der Waals surface area contributed by atoms with E-state index in [0.717, 1.165) is 15.6 Å². The molecule has 0 aliphatic carbocycles. The van der Waals surface area contributed by atoms with Crippen molar-refractivity contribution in [2.24, 2.45) is 10.9 Å². The van der Waals surface area contributed by atoms with Gasteiger partial charge in [0, 0.05) is 16.2 Å². The molecule has 0 saturated carbocycles. The number of benzene rings is 1. The fourth-order valence-electron chi connectivity index (χ4n) is 1.74. The fourth-order valence-corrected chi connectivity index (χ4v) is 2.19. The van der Waals surface area contributed by atoms with Gasteiger partial charge in [0.15, 0.2) is 5.84 Å². The summed E-state index contributed by atoms with van der Waals surface area (Å²) in [6.45, 7) is 0.815. The van der Waals surface area contributed by atoms with E-state index in [-0.39, 0.29) is 5.84 Å². The Balaban J connectivity index is 2.01. The number of hydrogen-bond donors (Lipinski definition) is 2. The van der Waals surface area contributed by atoms with Gasteiger partial charge in [0.2, 0.25) is 0 Å². The molecular formula is C14H14BrN3O2. The molecule has 0 atom stereocenters. The summed E-state index contributed by atoms with van der Waals surface area (Å²) >= 11 is 3.41. The number of amidine groups is 1. The van der Waals surface area contributed by atoms with Crippen LogP contribution in [0.15, 0.2) is 52.2 Å². The molecule has 20 heavy (non-hydrogen) atoms. The zero-order chi connectivity index (χ0) is 14.4. The largest absolute Gasteiger partial charge is 0.409 e. The van der Waals surface area contributed by atoms with Gasteiger partial charge in [0.1, 0.15) is 5.69 Å².